The van der Waals surface area contributed by atoms with Crippen LogP contribution in [-0.4, -0.2) is 36.6 Å². The highest BCUT2D eigenvalue weighted by Gasteiger charge is 2.22. The first kappa shape index (κ1) is 12.7. The van der Waals surface area contributed by atoms with E-state index < -0.39 is 0 Å². The van der Waals surface area contributed by atoms with Crippen LogP contribution in [0.25, 0.3) is 0 Å². The van der Waals surface area contributed by atoms with Gasteiger partial charge in [-0.05, 0) is 59.2 Å². The van der Waals surface area contributed by atoms with Crippen LogP contribution in [0.2, 0.25) is 0 Å². The summed E-state index contributed by atoms with van der Waals surface area (Å²) in [6.45, 7) is 15.3. The van der Waals surface area contributed by atoms with Gasteiger partial charge in [-0.2, -0.15) is 0 Å². The molecule has 0 aromatic rings. The van der Waals surface area contributed by atoms with Gasteiger partial charge < -0.3 is 5.32 Å². The molecule has 2 nitrogen and oxygen atoms in total. The third-order valence-corrected chi connectivity index (χ3v) is 3.27. The third-order valence-electron chi connectivity index (χ3n) is 3.27. The van der Waals surface area contributed by atoms with Crippen LogP contribution in [0.1, 0.15) is 33.6 Å². The van der Waals surface area contributed by atoms with Crippen molar-refractivity contribution in [3.63, 3.8) is 0 Å². The molecule has 1 N–H and O–H groups in total. The summed E-state index contributed by atoms with van der Waals surface area (Å²) >= 11 is 0. The molecule has 1 atom stereocenters. The number of hydrogen-bond acceptors (Lipinski definition) is 2. The molecule has 0 spiro atoms. The van der Waals surface area contributed by atoms with Crippen LogP contribution < -0.4 is 5.32 Å². The van der Waals surface area contributed by atoms with Gasteiger partial charge >= 0.3 is 0 Å². The molecule has 1 unspecified atom stereocenters. The van der Waals surface area contributed by atoms with Crippen LogP contribution in [-0.2, 0) is 0 Å². The highest BCUT2D eigenvalue weighted by molar-refractivity contribution is 4.84. The lowest BCUT2D eigenvalue weighted by Crippen LogP contribution is -2.42. The Hall–Kier alpha value is -0.340. The molecule has 88 valence electrons. The Kier molecular flexibility index (Phi) is 4.81. The van der Waals surface area contributed by atoms with E-state index in [9.17, 15) is 0 Å². The smallest absolute Gasteiger partial charge is 0.0165 e. The van der Waals surface area contributed by atoms with E-state index in [0.717, 1.165) is 12.5 Å². The van der Waals surface area contributed by atoms with Crippen LogP contribution in [0.4, 0.5) is 0 Å². The standard InChI is InChI=1S/C13H26N2/c1-5-9-15(13(2,3)4)10-7-12-6-8-14-11-12/h5,12,14H,1,6-11H2,2-4H3. The highest BCUT2D eigenvalue weighted by Crippen LogP contribution is 2.18. The van der Waals surface area contributed by atoms with E-state index >= 15 is 0 Å². The molecule has 1 aliphatic heterocycles. The average Bonchev–Trinajstić information content (AvgIpc) is 2.62. The maximum Gasteiger partial charge on any atom is 0.0165 e. The van der Waals surface area contributed by atoms with E-state index in [-0.39, 0.29) is 5.54 Å². The van der Waals surface area contributed by atoms with Gasteiger partial charge in [0.2, 0.25) is 0 Å². The van der Waals surface area contributed by atoms with Gasteiger partial charge in [-0.3, -0.25) is 4.90 Å². The zero-order chi connectivity index (χ0) is 11.3. The van der Waals surface area contributed by atoms with E-state index in [1.165, 1.54) is 32.5 Å². The van der Waals surface area contributed by atoms with Gasteiger partial charge in [0.1, 0.15) is 0 Å². The summed E-state index contributed by atoms with van der Waals surface area (Å²) in [5.74, 6) is 0.889. The fraction of sp³-hybridized carbons (Fsp3) is 0.846. The van der Waals surface area contributed by atoms with Gasteiger partial charge in [0.15, 0.2) is 0 Å². The van der Waals surface area contributed by atoms with Crippen LogP contribution >= 0.6 is 0 Å². The van der Waals surface area contributed by atoms with Gasteiger partial charge in [-0.25, -0.2) is 0 Å². The minimum absolute atomic E-state index is 0.264. The summed E-state index contributed by atoms with van der Waals surface area (Å²) < 4.78 is 0. The minimum atomic E-state index is 0.264. The molecule has 0 aromatic carbocycles. The fourth-order valence-corrected chi connectivity index (χ4v) is 2.16. The Morgan fingerprint density at radius 1 is 1.47 bits per heavy atom. The molecular weight excluding hydrogens is 184 g/mol. The number of hydrogen-bond donors (Lipinski definition) is 1. The first-order chi connectivity index (χ1) is 7.04. The second-order valence-electron chi connectivity index (χ2n) is 5.55. The van der Waals surface area contributed by atoms with E-state index in [2.05, 4.69) is 37.6 Å². The molecule has 1 aliphatic rings. The monoisotopic (exact) mass is 210 g/mol. The van der Waals surface area contributed by atoms with Crippen molar-refractivity contribution >= 4 is 0 Å². The van der Waals surface area contributed by atoms with E-state index in [1.807, 2.05) is 6.08 Å². The van der Waals surface area contributed by atoms with Crippen molar-refractivity contribution in [2.45, 2.75) is 39.2 Å². The van der Waals surface area contributed by atoms with Crippen molar-refractivity contribution in [2.24, 2.45) is 5.92 Å². The molecule has 1 fully saturated rings. The first-order valence-corrected chi connectivity index (χ1v) is 6.10. The maximum absolute atomic E-state index is 3.84. The molecule has 0 saturated carbocycles. The van der Waals surface area contributed by atoms with E-state index in [0.29, 0.717) is 0 Å². The van der Waals surface area contributed by atoms with Crippen molar-refractivity contribution in [3.05, 3.63) is 12.7 Å². The van der Waals surface area contributed by atoms with Crippen LogP contribution in [0.5, 0.6) is 0 Å². The zero-order valence-corrected chi connectivity index (χ0v) is 10.6. The lowest BCUT2D eigenvalue weighted by atomic mass is 10.0. The molecule has 15 heavy (non-hydrogen) atoms. The van der Waals surface area contributed by atoms with Crippen molar-refractivity contribution < 1.29 is 0 Å². The van der Waals surface area contributed by atoms with Gasteiger partial charge in [0.05, 0.1) is 0 Å². The van der Waals surface area contributed by atoms with Crippen LogP contribution in [0, 0.1) is 5.92 Å². The molecule has 1 heterocycles. The van der Waals surface area contributed by atoms with Crippen molar-refractivity contribution in [1.82, 2.24) is 10.2 Å². The van der Waals surface area contributed by atoms with Crippen molar-refractivity contribution in [3.8, 4) is 0 Å². The highest BCUT2D eigenvalue weighted by atomic mass is 15.2. The zero-order valence-electron chi connectivity index (χ0n) is 10.6. The summed E-state index contributed by atoms with van der Waals surface area (Å²) in [7, 11) is 0. The molecule has 0 aromatic heterocycles. The molecule has 0 bridgehead atoms. The second kappa shape index (κ2) is 5.66. The van der Waals surface area contributed by atoms with Gasteiger partial charge in [-0.1, -0.05) is 6.08 Å². The molecular formula is C13H26N2. The number of rotatable bonds is 5. The Morgan fingerprint density at radius 2 is 2.20 bits per heavy atom. The molecule has 2 heteroatoms. The Balaban J connectivity index is 2.33. The summed E-state index contributed by atoms with van der Waals surface area (Å²) in [6, 6.07) is 0. The van der Waals surface area contributed by atoms with Crippen molar-refractivity contribution in [2.75, 3.05) is 26.2 Å². The molecule has 0 amide bonds. The van der Waals surface area contributed by atoms with E-state index in [4.69, 9.17) is 0 Å². The largest absolute Gasteiger partial charge is 0.316 e. The van der Waals surface area contributed by atoms with Crippen LogP contribution in [0.15, 0.2) is 12.7 Å². The maximum atomic E-state index is 3.84. The second-order valence-corrected chi connectivity index (χ2v) is 5.55. The van der Waals surface area contributed by atoms with E-state index in [1.54, 1.807) is 0 Å². The predicted octanol–water partition coefficient (Wildman–Crippen LogP) is 2.27. The van der Waals surface area contributed by atoms with Crippen molar-refractivity contribution in [1.29, 1.82) is 0 Å². The number of nitrogens with one attached hydrogen (secondary N) is 1. The molecule has 0 aliphatic carbocycles. The molecule has 0 radical (unpaired) electrons. The third kappa shape index (κ3) is 4.35. The lowest BCUT2D eigenvalue weighted by molar-refractivity contribution is 0.145. The molecule has 1 rings (SSSR count). The lowest BCUT2D eigenvalue weighted by Gasteiger charge is -2.35. The van der Waals surface area contributed by atoms with Gasteiger partial charge in [0, 0.05) is 12.1 Å². The first-order valence-electron chi connectivity index (χ1n) is 6.10. The number of nitrogens with zero attached hydrogens (tertiary/aromatic N) is 1. The fourth-order valence-electron chi connectivity index (χ4n) is 2.16. The normalized spacial score (nSPS) is 22.3. The van der Waals surface area contributed by atoms with Gasteiger partial charge in [-0.15, -0.1) is 6.58 Å². The van der Waals surface area contributed by atoms with Crippen LogP contribution in [0.3, 0.4) is 0 Å². The van der Waals surface area contributed by atoms with Gasteiger partial charge in [0.25, 0.3) is 0 Å². The minimum Gasteiger partial charge on any atom is -0.316 e. The summed E-state index contributed by atoms with van der Waals surface area (Å²) in [6.07, 6.45) is 4.68. The summed E-state index contributed by atoms with van der Waals surface area (Å²) in [5.41, 5.74) is 0.264. The predicted molar refractivity (Wildman–Crippen MR) is 67.1 cm³/mol. The Morgan fingerprint density at radius 3 is 2.67 bits per heavy atom. The SMILES string of the molecule is C=CCN(CCC1CCNC1)C(C)(C)C. The summed E-state index contributed by atoms with van der Waals surface area (Å²) in [4.78, 5) is 2.51. The Labute approximate surface area is 94.7 Å². The summed E-state index contributed by atoms with van der Waals surface area (Å²) in [5, 5.41) is 3.43. The quantitative estimate of drug-likeness (QED) is 0.700. The topological polar surface area (TPSA) is 15.3 Å². The average molecular weight is 210 g/mol. The Bertz CT molecular complexity index is 187. The molecule has 1 saturated heterocycles.